The third kappa shape index (κ3) is 2.42. The van der Waals surface area contributed by atoms with Crippen molar-refractivity contribution < 1.29 is 9.90 Å². The van der Waals surface area contributed by atoms with Gasteiger partial charge in [-0.25, -0.2) is 0 Å². The molecule has 1 heterocycles. The summed E-state index contributed by atoms with van der Waals surface area (Å²) in [5, 5.41) is 9.95. The number of likely N-dealkylation sites (tertiary alicyclic amines) is 1. The zero-order valence-electron chi connectivity index (χ0n) is 9.30. The number of piperidine rings is 1. The summed E-state index contributed by atoms with van der Waals surface area (Å²) >= 11 is 0. The highest BCUT2D eigenvalue weighted by Crippen LogP contribution is 2.18. The van der Waals surface area contributed by atoms with E-state index in [1.165, 1.54) is 6.42 Å². The number of nitrogens with zero attached hydrogens (tertiary/aromatic N) is 1. The first-order valence-corrected chi connectivity index (χ1v) is 5.81. The van der Waals surface area contributed by atoms with Crippen molar-refractivity contribution in [3.05, 3.63) is 35.9 Å². The second kappa shape index (κ2) is 5.12. The molecule has 3 nitrogen and oxygen atoms in total. The summed E-state index contributed by atoms with van der Waals surface area (Å²) in [4.78, 5) is 13.7. The third-order valence-electron chi connectivity index (χ3n) is 3.02. The van der Waals surface area contributed by atoms with Crippen LogP contribution in [0, 0.1) is 0 Å². The Bertz CT molecular complexity index is 344. The Hall–Kier alpha value is -1.35. The van der Waals surface area contributed by atoms with E-state index in [-0.39, 0.29) is 5.91 Å². The Balaban J connectivity index is 2.04. The van der Waals surface area contributed by atoms with E-state index in [9.17, 15) is 9.90 Å². The number of hydrogen-bond acceptors (Lipinski definition) is 2. The second-order valence-corrected chi connectivity index (χ2v) is 4.20. The number of benzene rings is 1. The Kier molecular flexibility index (Phi) is 3.57. The number of hydrogen-bond donors (Lipinski definition) is 1. The fraction of sp³-hybridized carbons (Fsp3) is 0.462. The van der Waals surface area contributed by atoms with Crippen molar-refractivity contribution in [2.24, 2.45) is 0 Å². The lowest BCUT2D eigenvalue weighted by atomic mass is 10.1. The van der Waals surface area contributed by atoms with Crippen molar-refractivity contribution in [1.82, 2.24) is 4.90 Å². The maximum Gasteiger partial charge on any atom is 0.256 e. The van der Waals surface area contributed by atoms with Gasteiger partial charge in [0.25, 0.3) is 5.91 Å². The summed E-state index contributed by atoms with van der Waals surface area (Å²) in [6.45, 7) is 1.56. The van der Waals surface area contributed by atoms with E-state index in [1.54, 1.807) is 17.0 Å². The first-order valence-electron chi connectivity index (χ1n) is 5.81. The molecular weight excluding hydrogens is 202 g/mol. The standard InChI is InChI=1S/C13H17NO2/c15-12(11-7-3-1-4-8-11)13(16)14-9-5-2-6-10-14/h1,3-4,7-8,12,15H,2,5-6,9-10H2/t12-/m1/s1. The zero-order valence-corrected chi connectivity index (χ0v) is 9.30. The van der Waals surface area contributed by atoms with Gasteiger partial charge in [0, 0.05) is 13.1 Å². The Morgan fingerprint density at radius 2 is 1.75 bits per heavy atom. The van der Waals surface area contributed by atoms with Crippen LogP contribution in [0.15, 0.2) is 30.3 Å². The predicted octanol–water partition coefficient (Wildman–Crippen LogP) is 1.73. The number of aliphatic hydroxyl groups excluding tert-OH is 1. The molecule has 0 saturated carbocycles. The molecule has 0 bridgehead atoms. The van der Waals surface area contributed by atoms with E-state index in [4.69, 9.17) is 0 Å². The number of rotatable bonds is 2. The van der Waals surface area contributed by atoms with Crippen LogP contribution in [0.25, 0.3) is 0 Å². The van der Waals surface area contributed by atoms with Crippen molar-refractivity contribution >= 4 is 5.91 Å². The number of carbonyl (C=O) groups excluding carboxylic acids is 1. The molecule has 1 N–H and O–H groups in total. The molecule has 1 aliphatic heterocycles. The van der Waals surface area contributed by atoms with E-state index in [1.807, 2.05) is 18.2 Å². The number of aliphatic hydroxyl groups is 1. The smallest absolute Gasteiger partial charge is 0.256 e. The van der Waals surface area contributed by atoms with Gasteiger partial charge in [0.2, 0.25) is 0 Å². The van der Waals surface area contributed by atoms with E-state index in [2.05, 4.69) is 0 Å². The van der Waals surface area contributed by atoms with Gasteiger partial charge in [0.1, 0.15) is 0 Å². The van der Waals surface area contributed by atoms with Crippen LogP contribution in [-0.4, -0.2) is 29.0 Å². The number of amides is 1. The molecule has 1 aliphatic rings. The highest BCUT2D eigenvalue weighted by molar-refractivity contribution is 5.82. The maximum absolute atomic E-state index is 12.0. The topological polar surface area (TPSA) is 40.5 Å². The normalized spacial score (nSPS) is 18.2. The molecule has 1 amide bonds. The molecule has 3 heteroatoms. The van der Waals surface area contributed by atoms with Gasteiger partial charge in [0.05, 0.1) is 0 Å². The Morgan fingerprint density at radius 1 is 1.12 bits per heavy atom. The quantitative estimate of drug-likeness (QED) is 0.823. The zero-order chi connectivity index (χ0) is 11.4. The molecule has 16 heavy (non-hydrogen) atoms. The molecule has 1 atom stereocenters. The van der Waals surface area contributed by atoms with Gasteiger partial charge in [-0.15, -0.1) is 0 Å². The lowest BCUT2D eigenvalue weighted by Gasteiger charge is -2.28. The number of carbonyl (C=O) groups is 1. The van der Waals surface area contributed by atoms with Crippen molar-refractivity contribution in [3.63, 3.8) is 0 Å². The van der Waals surface area contributed by atoms with E-state index in [0.29, 0.717) is 5.56 Å². The minimum Gasteiger partial charge on any atom is -0.378 e. The average Bonchev–Trinajstić information content (AvgIpc) is 2.39. The summed E-state index contributed by atoms with van der Waals surface area (Å²) in [5.74, 6) is -0.161. The predicted molar refractivity (Wildman–Crippen MR) is 61.8 cm³/mol. The van der Waals surface area contributed by atoms with Gasteiger partial charge in [-0.2, -0.15) is 0 Å². The molecule has 0 aromatic heterocycles. The minimum absolute atomic E-state index is 0.161. The molecule has 0 spiro atoms. The Morgan fingerprint density at radius 3 is 2.38 bits per heavy atom. The monoisotopic (exact) mass is 219 g/mol. The van der Waals surface area contributed by atoms with Crippen LogP contribution in [0.5, 0.6) is 0 Å². The van der Waals surface area contributed by atoms with Gasteiger partial charge in [-0.05, 0) is 24.8 Å². The Labute approximate surface area is 95.7 Å². The fourth-order valence-corrected chi connectivity index (χ4v) is 2.07. The minimum atomic E-state index is -1.00. The van der Waals surface area contributed by atoms with E-state index < -0.39 is 6.10 Å². The SMILES string of the molecule is O=C([C@H](O)c1ccccc1)N1CCCCC1. The fourth-order valence-electron chi connectivity index (χ4n) is 2.07. The van der Waals surface area contributed by atoms with Crippen LogP contribution in [0.1, 0.15) is 30.9 Å². The molecule has 1 saturated heterocycles. The third-order valence-corrected chi connectivity index (χ3v) is 3.02. The molecule has 2 rings (SSSR count). The molecular formula is C13H17NO2. The summed E-state index contributed by atoms with van der Waals surface area (Å²) in [5.41, 5.74) is 0.679. The molecule has 1 aromatic carbocycles. The molecule has 0 radical (unpaired) electrons. The van der Waals surface area contributed by atoms with Gasteiger partial charge < -0.3 is 10.0 Å². The molecule has 1 aromatic rings. The van der Waals surface area contributed by atoms with E-state index >= 15 is 0 Å². The summed E-state index contributed by atoms with van der Waals surface area (Å²) in [7, 11) is 0. The lowest BCUT2D eigenvalue weighted by molar-refractivity contribution is -0.141. The average molecular weight is 219 g/mol. The van der Waals surface area contributed by atoms with Crippen LogP contribution in [0.4, 0.5) is 0 Å². The summed E-state index contributed by atoms with van der Waals surface area (Å²) in [6, 6.07) is 9.12. The van der Waals surface area contributed by atoms with Crippen LogP contribution in [0.2, 0.25) is 0 Å². The molecule has 0 unspecified atom stereocenters. The van der Waals surface area contributed by atoms with Crippen LogP contribution >= 0.6 is 0 Å². The summed E-state index contributed by atoms with van der Waals surface area (Å²) in [6.07, 6.45) is 2.28. The van der Waals surface area contributed by atoms with Crippen molar-refractivity contribution in [1.29, 1.82) is 0 Å². The second-order valence-electron chi connectivity index (χ2n) is 4.20. The first-order chi connectivity index (χ1) is 7.79. The van der Waals surface area contributed by atoms with Gasteiger partial charge in [-0.3, -0.25) is 4.79 Å². The van der Waals surface area contributed by atoms with Crippen LogP contribution in [-0.2, 0) is 4.79 Å². The molecule has 1 fully saturated rings. The molecule has 86 valence electrons. The largest absolute Gasteiger partial charge is 0.378 e. The van der Waals surface area contributed by atoms with Crippen molar-refractivity contribution in [2.45, 2.75) is 25.4 Å². The first kappa shape index (κ1) is 11.1. The highest BCUT2D eigenvalue weighted by atomic mass is 16.3. The van der Waals surface area contributed by atoms with Crippen LogP contribution in [0.3, 0.4) is 0 Å². The molecule has 0 aliphatic carbocycles. The van der Waals surface area contributed by atoms with Crippen molar-refractivity contribution in [2.75, 3.05) is 13.1 Å². The van der Waals surface area contributed by atoms with Crippen LogP contribution < -0.4 is 0 Å². The van der Waals surface area contributed by atoms with Gasteiger partial charge in [-0.1, -0.05) is 30.3 Å². The lowest BCUT2D eigenvalue weighted by Crippen LogP contribution is -2.38. The highest BCUT2D eigenvalue weighted by Gasteiger charge is 2.24. The summed E-state index contributed by atoms with van der Waals surface area (Å²) < 4.78 is 0. The van der Waals surface area contributed by atoms with E-state index in [0.717, 1.165) is 25.9 Å². The van der Waals surface area contributed by atoms with Gasteiger partial charge >= 0.3 is 0 Å². The maximum atomic E-state index is 12.0. The van der Waals surface area contributed by atoms with Gasteiger partial charge in [0.15, 0.2) is 6.10 Å². The van der Waals surface area contributed by atoms with Crippen molar-refractivity contribution in [3.8, 4) is 0 Å².